The van der Waals surface area contributed by atoms with Crippen molar-refractivity contribution in [3.8, 4) is 0 Å². The molecule has 0 saturated heterocycles. The van der Waals surface area contributed by atoms with E-state index in [4.69, 9.17) is 4.74 Å². The molecule has 0 bridgehead atoms. The van der Waals surface area contributed by atoms with E-state index >= 15 is 0 Å². The highest BCUT2D eigenvalue weighted by Gasteiger charge is 2.31. The van der Waals surface area contributed by atoms with Gasteiger partial charge < -0.3 is 15.4 Å². The number of carbonyl (C=O) groups excluding carboxylic acids is 2. The largest absolute Gasteiger partial charge is 0.463 e. The average molecular weight is 378 g/mol. The van der Waals surface area contributed by atoms with Gasteiger partial charge in [-0.1, -0.05) is 18.7 Å². The minimum Gasteiger partial charge on any atom is -0.463 e. The Morgan fingerprint density at radius 2 is 2.24 bits per heavy atom. The highest BCUT2D eigenvalue weighted by molar-refractivity contribution is 7.99. The van der Waals surface area contributed by atoms with Crippen molar-refractivity contribution in [2.45, 2.75) is 31.3 Å². The molecule has 3 rings (SSSR count). The quantitative estimate of drug-likeness (QED) is 0.456. The molecule has 7 nitrogen and oxygen atoms in total. The van der Waals surface area contributed by atoms with Crippen molar-refractivity contribution in [2.75, 3.05) is 12.4 Å². The molecule has 2 aromatic heterocycles. The van der Waals surface area contributed by atoms with Crippen molar-refractivity contribution in [2.24, 2.45) is 0 Å². The number of thiophene rings is 1. The number of thioether (sulfide) groups is 1. The van der Waals surface area contributed by atoms with E-state index in [9.17, 15) is 9.59 Å². The summed E-state index contributed by atoms with van der Waals surface area (Å²) in [6, 6.07) is 1.31. The minimum atomic E-state index is -0.402. The van der Waals surface area contributed by atoms with E-state index in [2.05, 4.69) is 20.6 Å². The van der Waals surface area contributed by atoms with Crippen LogP contribution in [0.5, 0.6) is 0 Å². The Kier molecular flexibility index (Phi) is 5.54. The Labute approximate surface area is 153 Å². The fraction of sp³-hybridized carbons (Fsp3) is 0.375. The van der Waals surface area contributed by atoms with E-state index in [0.29, 0.717) is 23.4 Å². The number of ether oxygens (including phenoxy) is 1. The number of nitrogens with one attached hydrogen (secondary N) is 2. The van der Waals surface area contributed by atoms with Gasteiger partial charge in [0.1, 0.15) is 16.2 Å². The summed E-state index contributed by atoms with van der Waals surface area (Å²) in [5.74, 6) is 0.0147. The average Bonchev–Trinajstić information content (AvgIpc) is 3.08. The third-order valence-electron chi connectivity index (χ3n) is 3.73. The maximum atomic E-state index is 12.4. The summed E-state index contributed by atoms with van der Waals surface area (Å²) in [7, 11) is 0. The Morgan fingerprint density at radius 3 is 3.00 bits per heavy atom. The number of nitrogens with zero attached hydrogens (tertiary/aromatic N) is 2. The second kappa shape index (κ2) is 7.83. The topological polar surface area (TPSA) is 93.2 Å². The van der Waals surface area contributed by atoms with Gasteiger partial charge in [0.15, 0.2) is 0 Å². The van der Waals surface area contributed by atoms with Crippen LogP contribution in [0.15, 0.2) is 34.1 Å². The number of esters is 1. The fourth-order valence-electron chi connectivity index (χ4n) is 2.60. The lowest BCUT2D eigenvalue weighted by atomic mass is 10.0. The highest BCUT2D eigenvalue weighted by atomic mass is 32.2. The van der Waals surface area contributed by atoms with E-state index in [1.807, 2.05) is 18.4 Å². The molecule has 1 aliphatic heterocycles. The lowest BCUT2D eigenvalue weighted by Crippen LogP contribution is -2.50. The number of rotatable bonds is 6. The molecule has 25 heavy (non-hydrogen) atoms. The number of urea groups is 1. The summed E-state index contributed by atoms with van der Waals surface area (Å²) in [4.78, 5) is 33.7. The maximum Gasteiger partial charge on any atom is 0.337 e. The van der Waals surface area contributed by atoms with E-state index in [1.54, 1.807) is 18.3 Å². The van der Waals surface area contributed by atoms with Gasteiger partial charge in [-0.25, -0.2) is 19.6 Å². The summed E-state index contributed by atoms with van der Waals surface area (Å²) in [6.07, 6.45) is 2.13. The van der Waals surface area contributed by atoms with Crippen LogP contribution < -0.4 is 10.6 Å². The van der Waals surface area contributed by atoms with Crippen LogP contribution in [0.2, 0.25) is 0 Å². The Balaban J connectivity index is 1.89. The van der Waals surface area contributed by atoms with Crippen LogP contribution in [-0.4, -0.2) is 40.4 Å². The lowest BCUT2D eigenvalue weighted by Gasteiger charge is -2.28. The Morgan fingerprint density at radius 1 is 1.40 bits per heavy atom. The molecule has 132 valence electrons. The minimum absolute atomic E-state index is 0.286. The lowest BCUT2D eigenvalue weighted by molar-refractivity contribution is -0.139. The molecule has 0 aliphatic carbocycles. The van der Waals surface area contributed by atoms with Gasteiger partial charge in [-0.15, -0.1) is 11.3 Å². The molecule has 2 amide bonds. The van der Waals surface area contributed by atoms with E-state index in [-0.39, 0.29) is 18.7 Å². The van der Waals surface area contributed by atoms with Gasteiger partial charge in [0.05, 0.1) is 18.2 Å². The van der Waals surface area contributed by atoms with Gasteiger partial charge in [0.2, 0.25) is 0 Å². The van der Waals surface area contributed by atoms with Gasteiger partial charge in [0.25, 0.3) is 0 Å². The first-order valence-electron chi connectivity index (χ1n) is 7.92. The molecular formula is C16H18N4O3S2. The molecular weight excluding hydrogens is 360 g/mol. The Hall–Kier alpha value is -2.13. The SMILES string of the molecule is CCOC(=O)C1=C(CSc2ncnc3sccc23)NC(=O)NC1CC. The first-order valence-corrected chi connectivity index (χ1v) is 9.79. The van der Waals surface area contributed by atoms with Crippen molar-refractivity contribution >= 4 is 45.3 Å². The monoisotopic (exact) mass is 378 g/mol. The molecule has 1 unspecified atom stereocenters. The second-order valence-corrected chi connectivity index (χ2v) is 7.14. The summed E-state index contributed by atoms with van der Waals surface area (Å²) >= 11 is 3.01. The van der Waals surface area contributed by atoms with Crippen LogP contribution in [0, 0.1) is 0 Å². The van der Waals surface area contributed by atoms with Gasteiger partial charge >= 0.3 is 12.0 Å². The predicted molar refractivity (Wildman–Crippen MR) is 97.5 cm³/mol. The zero-order valence-corrected chi connectivity index (χ0v) is 15.5. The Bertz CT molecular complexity index is 834. The molecule has 1 atom stereocenters. The third-order valence-corrected chi connectivity index (χ3v) is 5.58. The standard InChI is InChI=1S/C16H18N4O3S2/c1-3-10-12(15(21)23-4-2)11(20-16(22)19-10)7-25-14-9-5-6-24-13(9)17-8-18-14/h5-6,8,10H,3-4,7H2,1-2H3,(H2,19,20,22). The molecule has 2 N–H and O–H groups in total. The van der Waals surface area contributed by atoms with Gasteiger partial charge in [-0.05, 0) is 24.8 Å². The van der Waals surface area contributed by atoms with E-state index < -0.39 is 5.97 Å². The van der Waals surface area contributed by atoms with Gasteiger partial charge in [-0.3, -0.25) is 0 Å². The summed E-state index contributed by atoms with van der Waals surface area (Å²) < 4.78 is 5.17. The second-order valence-electron chi connectivity index (χ2n) is 5.28. The zero-order chi connectivity index (χ0) is 17.8. The number of carbonyl (C=O) groups is 2. The molecule has 0 saturated carbocycles. The number of hydrogen-bond acceptors (Lipinski definition) is 7. The molecule has 0 fully saturated rings. The number of hydrogen-bond donors (Lipinski definition) is 2. The molecule has 0 spiro atoms. The summed E-state index contributed by atoms with van der Waals surface area (Å²) in [6.45, 7) is 3.96. The van der Waals surface area contributed by atoms with Crippen LogP contribution >= 0.6 is 23.1 Å². The highest BCUT2D eigenvalue weighted by Crippen LogP contribution is 2.30. The van der Waals surface area contributed by atoms with Crippen molar-refractivity contribution in [3.05, 3.63) is 29.0 Å². The van der Waals surface area contributed by atoms with E-state index in [1.165, 1.54) is 18.1 Å². The van der Waals surface area contributed by atoms with Crippen LogP contribution in [-0.2, 0) is 9.53 Å². The van der Waals surface area contributed by atoms with Crippen LogP contribution in [0.3, 0.4) is 0 Å². The number of fused-ring (bicyclic) bond motifs is 1. The van der Waals surface area contributed by atoms with Crippen molar-refractivity contribution < 1.29 is 14.3 Å². The molecule has 1 aliphatic rings. The first kappa shape index (κ1) is 17.7. The van der Waals surface area contributed by atoms with Crippen molar-refractivity contribution in [1.29, 1.82) is 0 Å². The van der Waals surface area contributed by atoms with Crippen LogP contribution in [0.1, 0.15) is 20.3 Å². The van der Waals surface area contributed by atoms with Gasteiger partial charge in [-0.2, -0.15) is 0 Å². The normalized spacial score (nSPS) is 17.4. The number of aromatic nitrogens is 2. The molecule has 2 aromatic rings. The summed E-state index contributed by atoms with van der Waals surface area (Å²) in [5, 5.41) is 9.28. The first-order chi connectivity index (χ1) is 12.1. The molecule has 3 heterocycles. The zero-order valence-electron chi connectivity index (χ0n) is 13.9. The number of amides is 2. The van der Waals surface area contributed by atoms with Gasteiger partial charge in [0, 0.05) is 16.8 Å². The van der Waals surface area contributed by atoms with Crippen LogP contribution in [0.25, 0.3) is 10.2 Å². The maximum absolute atomic E-state index is 12.4. The third kappa shape index (κ3) is 3.77. The van der Waals surface area contributed by atoms with Crippen LogP contribution in [0.4, 0.5) is 4.79 Å². The smallest absolute Gasteiger partial charge is 0.337 e. The molecule has 0 aromatic carbocycles. The molecule has 0 radical (unpaired) electrons. The van der Waals surface area contributed by atoms with E-state index in [0.717, 1.165) is 15.2 Å². The fourth-order valence-corrected chi connectivity index (χ4v) is 4.35. The van der Waals surface area contributed by atoms with Crippen molar-refractivity contribution in [1.82, 2.24) is 20.6 Å². The molecule has 9 heteroatoms. The van der Waals surface area contributed by atoms with Crippen molar-refractivity contribution in [3.63, 3.8) is 0 Å². The predicted octanol–water partition coefficient (Wildman–Crippen LogP) is 2.69. The summed E-state index contributed by atoms with van der Waals surface area (Å²) in [5.41, 5.74) is 1.05.